The highest BCUT2D eigenvalue weighted by atomic mass is 35.5. The van der Waals surface area contributed by atoms with Crippen LogP contribution < -0.4 is 5.73 Å². The quantitative estimate of drug-likeness (QED) is 0.812. The van der Waals surface area contributed by atoms with Gasteiger partial charge >= 0.3 is 0 Å². The Morgan fingerprint density at radius 3 is 2.28 bits per heavy atom. The first-order valence-corrected chi connectivity index (χ1v) is 5.83. The lowest BCUT2D eigenvalue weighted by Gasteiger charge is -2.15. The van der Waals surface area contributed by atoms with Crippen LogP contribution in [0.2, 0.25) is 0 Å². The first kappa shape index (κ1) is 14.5. The molecule has 1 unspecified atom stereocenters. The number of rotatable bonds is 4. The van der Waals surface area contributed by atoms with E-state index in [1.54, 1.807) is 0 Å². The average molecular weight is 260 g/mol. The summed E-state index contributed by atoms with van der Waals surface area (Å²) in [7, 11) is 0. The van der Waals surface area contributed by atoms with Crippen LogP contribution in [-0.4, -0.2) is 0 Å². The van der Waals surface area contributed by atoms with Gasteiger partial charge in [-0.2, -0.15) is 0 Å². The Labute approximate surface area is 115 Å². The molecule has 0 heterocycles. The van der Waals surface area contributed by atoms with E-state index in [0.29, 0.717) is 0 Å². The van der Waals surface area contributed by atoms with E-state index in [1.807, 2.05) is 36.4 Å². The van der Waals surface area contributed by atoms with Crippen LogP contribution in [0.25, 0.3) is 11.1 Å². The van der Waals surface area contributed by atoms with E-state index in [-0.39, 0.29) is 18.4 Å². The van der Waals surface area contributed by atoms with Gasteiger partial charge in [-0.3, -0.25) is 0 Å². The Morgan fingerprint density at radius 2 is 1.61 bits per heavy atom. The Kier molecular flexibility index (Phi) is 5.63. The van der Waals surface area contributed by atoms with E-state index in [1.165, 1.54) is 16.7 Å². The molecule has 2 aromatic carbocycles. The molecule has 0 amide bonds. The molecular formula is C16H18ClN. The monoisotopic (exact) mass is 259 g/mol. The number of halogens is 1. The molecule has 2 rings (SSSR count). The fraction of sp³-hybridized carbons (Fsp3) is 0.125. The van der Waals surface area contributed by atoms with Crippen LogP contribution >= 0.6 is 12.4 Å². The maximum Gasteiger partial charge on any atom is 0.0335 e. The van der Waals surface area contributed by atoms with Crippen LogP contribution in [0.4, 0.5) is 0 Å². The van der Waals surface area contributed by atoms with Gasteiger partial charge in [0.25, 0.3) is 0 Å². The van der Waals surface area contributed by atoms with Gasteiger partial charge in [-0.25, -0.2) is 0 Å². The van der Waals surface area contributed by atoms with E-state index < -0.39 is 0 Å². The van der Waals surface area contributed by atoms with Crippen molar-refractivity contribution < 1.29 is 0 Å². The molecule has 0 fully saturated rings. The molecule has 0 aromatic heterocycles. The molecule has 94 valence electrons. The largest absolute Gasteiger partial charge is 0.324 e. The summed E-state index contributed by atoms with van der Waals surface area (Å²) >= 11 is 0. The van der Waals surface area contributed by atoms with Crippen LogP contribution in [0.15, 0.2) is 67.3 Å². The molecule has 2 N–H and O–H groups in total. The van der Waals surface area contributed by atoms with Gasteiger partial charge in [-0.1, -0.05) is 60.7 Å². The van der Waals surface area contributed by atoms with E-state index in [0.717, 1.165) is 6.42 Å². The summed E-state index contributed by atoms with van der Waals surface area (Å²) in [5, 5.41) is 0. The third-order valence-electron chi connectivity index (χ3n) is 2.87. The molecule has 1 nitrogen and oxygen atoms in total. The maximum atomic E-state index is 6.17. The Bertz CT molecular complexity index is 493. The van der Waals surface area contributed by atoms with Gasteiger partial charge < -0.3 is 5.73 Å². The molecule has 18 heavy (non-hydrogen) atoms. The summed E-state index contributed by atoms with van der Waals surface area (Å²) in [6.45, 7) is 3.75. The van der Waals surface area contributed by atoms with Crippen LogP contribution in [0.3, 0.4) is 0 Å². The van der Waals surface area contributed by atoms with Crippen molar-refractivity contribution in [3.8, 4) is 11.1 Å². The van der Waals surface area contributed by atoms with E-state index in [9.17, 15) is 0 Å². The molecule has 0 radical (unpaired) electrons. The first-order valence-electron chi connectivity index (χ1n) is 5.83. The standard InChI is InChI=1S/C16H17N.ClH/c1-2-8-16(17)15-12-7-6-11-14(15)13-9-4-3-5-10-13;/h2-7,9-12,16H,1,8,17H2;1H. The number of nitrogens with two attached hydrogens (primary N) is 1. The zero-order valence-corrected chi connectivity index (χ0v) is 11.1. The highest BCUT2D eigenvalue weighted by molar-refractivity contribution is 5.85. The van der Waals surface area contributed by atoms with Gasteiger partial charge in [-0.15, -0.1) is 19.0 Å². The van der Waals surface area contributed by atoms with E-state index in [4.69, 9.17) is 5.73 Å². The molecule has 0 aliphatic carbocycles. The number of benzene rings is 2. The summed E-state index contributed by atoms with van der Waals surface area (Å²) in [4.78, 5) is 0. The second-order valence-electron chi connectivity index (χ2n) is 4.08. The Morgan fingerprint density at radius 1 is 1.00 bits per heavy atom. The van der Waals surface area contributed by atoms with Crippen LogP contribution in [-0.2, 0) is 0 Å². The molecule has 1 atom stereocenters. The van der Waals surface area contributed by atoms with E-state index in [2.05, 4.69) is 30.8 Å². The van der Waals surface area contributed by atoms with Crippen LogP contribution in [0.1, 0.15) is 18.0 Å². The van der Waals surface area contributed by atoms with Gasteiger partial charge in [0.1, 0.15) is 0 Å². The second kappa shape index (κ2) is 7.00. The first-order chi connectivity index (χ1) is 8.33. The fourth-order valence-electron chi connectivity index (χ4n) is 2.01. The fourth-order valence-corrected chi connectivity index (χ4v) is 2.01. The van der Waals surface area contributed by atoms with Crippen molar-refractivity contribution in [1.29, 1.82) is 0 Å². The smallest absolute Gasteiger partial charge is 0.0335 e. The molecule has 0 saturated heterocycles. The lowest BCUT2D eigenvalue weighted by molar-refractivity contribution is 0.744. The molecule has 0 saturated carbocycles. The summed E-state index contributed by atoms with van der Waals surface area (Å²) in [6.07, 6.45) is 2.66. The Hall–Kier alpha value is -1.57. The van der Waals surface area contributed by atoms with Crippen molar-refractivity contribution in [1.82, 2.24) is 0 Å². The molecule has 0 aliphatic heterocycles. The molecule has 0 aliphatic rings. The Balaban J connectivity index is 0.00000162. The van der Waals surface area contributed by atoms with Crippen molar-refractivity contribution in [3.05, 3.63) is 72.8 Å². The van der Waals surface area contributed by atoms with Crippen molar-refractivity contribution in [2.24, 2.45) is 5.73 Å². The normalized spacial score (nSPS) is 11.4. The molecule has 0 spiro atoms. The topological polar surface area (TPSA) is 26.0 Å². The van der Waals surface area contributed by atoms with Gasteiger partial charge in [0.2, 0.25) is 0 Å². The molecule has 2 heteroatoms. The summed E-state index contributed by atoms with van der Waals surface area (Å²) in [5.74, 6) is 0. The van der Waals surface area contributed by atoms with Crippen LogP contribution in [0.5, 0.6) is 0 Å². The van der Waals surface area contributed by atoms with Crippen molar-refractivity contribution >= 4 is 12.4 Å². The third-order valence-corrected chi connectivity index (χ3v) is 2.87. The highest BCUT2D eigenvalue weighted by Gasteiger charge is 2.10. The summed E-state index contributed by atoms with van der Waals surface area (Å²) < 4.78 is 0. The minimum absolute atomic E-state index is 0. The zero-order chi connectivity index (χ0) is 12.1. The SMILES string of the molecule is C=CCC(N)c1ccccc1-c1ccccc1.Cl. The van der Waals surface area contributed by atoms with Crippen molar-refractivity contribution in [3.63, 3.8) is 0 Å². The van der Waals surface area contributed by atoms with Crippen LogP contribution in [0, 0.1) is 0 Å². The number of hydrogen-bond donors (Lipinski definition) is 1. The number of hydrogen-bond acceptors (Lipinski definition) is 1. The van der Waals surface area contributed by atoms with Gasteiger partial charge in [-0.05, 0) is 23.1 Å². The minimum Gasteiger partial charge on any atom is -0.324 e. The molecule has 0 bridgehead atoms. The highest BCUT2D eigenvalue weighted by Crippen LogP contribution is 2.28. The predicted molar refractivity (Wildman–Crippen MR) is 80.9 cm³/mol. The van der Waals surface area contributed by atoms with Gasteiger partial charge in [0.15, 0.2) is 0 Å². The molecule has 2 aromatic rings. The van der Waals surface area contributed by atoms with Gasteiger partial charge in [0.05, 0.1) is 0 Å². The lowest BCUT2D eigenvalue weighted by atomic mass is 9.94. The molecular weight excluding hydrogens is 242 g/mol. The second-order valence-corrected chi connectivity index (χ2v) is 4.08. The zero-order valence-electron chi connectivity index (χ0n) is 10.3. The minimum atomic E-state index is 0. The van der Waals surface area contributed by atoms with E-state index >= 15 is 0 Å². The summed E-state index contributed by atoms with van der Waals surface area (Å²) in [6, 6.07) is 18.6. The average Bonchev–Trinajstić information content (AvgIpc) is 2.40. The third kappa shape index (κ3) is 3.22. The van der Waals surface area contributed by atoms with Crippen molar-refractivity contribution in [2.45, 2.75) is 12.5 Å². The maximum absolute atomic E-state index is 6.17. The lowest BCUT2D eigenvalue weighted by Crippen LogP contribution is -2.10. The van der Waals surface area contributed by atoms with Gasteiger partial charge in [0, 0.05) is 6.04 Å². The van der Waals surface area contributed by atoms with Crippen molar-refractivity contribution in [2.75, 3.05) is 0 Å². The summed E-state index contributed by atoms with van der Waals surface area (Å²) in [5.41, 5.74) is 9.77. The predicted octanol–water partition coefficient (Wildman–Crippen LogP) is 4.35.